The third-order valence-corrected chi connectivity index (χ3v) is 4.83. The van der Waals surface area contributed by atoms with Crippen molar-refractivity contribution in [2.45, 2.75) is 10.7 Å². The van der Waals surface area contributed by atoms with Gasteiger partial charge in [0.15, 0.2) is 18.1 Å². The summed E-state index contributed by atoms with van der Waals surface area (Å²) in [5.41, 5.74) is 5.22. The van der Waals surface area contributed by atoms with Gasteiger partial charge in [-0.3, -0.25) is 9.59 Å². The Morgan fingerprint density at radius 2 is 1.96 bits per heavy atom. The predicted octanol–water partition coefficient (Wildman–Crippen LogP) is 4.43. The van der Waals surface area contributed by atoms with Crippen LogP contribution in [0.1, 0.15) is 10.4 Å². The average molecular weight is 451 g/mol. The summed E-state index contributed by atoms with van der Waals surface area (Å²) in [6.45, 7) is -0.432. The van der Waals surface area contributed by atoms with Crippen LogP contribution in [0.5, 0.6) is 11.5 Å². The predicted molar refractivity (Wildman–Crippen MR) is 104 cm³/mol. The monoisotopic (exact) mass is 450 g/mol. The minimum atomic E-state index is -2.72. The lowest BCUT2D eigenvalue weighted by Gasteiger charge is -2.15. The lowest BCUT2D eigenvalue weighted by Crippen LogP contribution is -2.20. The number of alkyl halides is 2. The van der Waals surface area contributed by atoms with Crippen molar-refractivity contribution in [3.63, 3.8) is 0 Å². The number of ether oxygens (including phenoxy) is 2. The van der Waals surface area contributed by atoms with Crippen LogP contribution in [0.4, 0.5) is 14.5 Å². The minimum Gasteiger partial charge on any atom is -0.493 e. The number of carbonyl (C=O) groups excluding carboxylic acids is 2. The van der Waals surface area contributed by atoms with E-state index in [2.05, 4.69) is 5.32 Å². The number of nitrogens with two attached hydrogens (primary N) is 1. The SMILES string of the molecule is COc1cc(C(=O)Nc2cccc(Cl)c2SC(F)F)cc(Cl)c1OCC(N)=O. The average Bonchev–Trinajstić information content (AvgIpc) is 2.62. The normalized spacial score (nSPS) is 10.6. The van der Waals surface area contributed by atoms with Gasteiger partial charge in [-0.25, -0.2) is 0 Å². The molecule has 150 valence electrons. The highest BCUT2D eigenvalue weighted by Gasteiger charge is 2.19. The first-order valence-corrected chi connectivity index (χ1v) is 9.19. The highest BCUT2D eigenvalue weighted by atomic mass is 35.5. The van der Waals surface area contributed by atoms with Crippen LogP contribution in [0.3, 0.4) is 0 Å². The summed E-state index contributed by atoms with van der Waals surface area (Å²) in [5, 5.41) is 2.59. The number of methoxy groups -OCH3 is 1. The van der Waals surface area contributed by atoms with Gasteiger partial charge in [0, 0.05) is 5.56 Å². The molecule has 2 aromatic rings. The van der Waals surface area contributed by atoms with Gasteiger partial charge in [0.1, 0.15) is 0 Å². The van der Waals surface area contributed by atoms with E-state index in [0.717, 1.165) is 0 Å². The zero-order valence-electron chi connectivity index (χ0n) is 14.3. The molecule has 0 bridgehead atoms. The topological polar surface area (TPSA) is 90.7 Å². The Morgan fingerprint density at radius 1 is 1.25 bits per heavy atom. The van der Waals surface area contributed by atoms with Crippen molar-refractivity contribution in [2.24, 2.45) is 5.73 Å². The number of halogens is 4. The van der Waals surface area contributed by atoms with Gasteiger partial charge in [-0.2, -0.15) is 8.78 Å². The maximum absolute atomic E-state index is 12.8. The van der Waals surface area contributed by atoms with Crippen LogP contribution in [0.2, 0.25) is 10.0 Å². The molecule has 0 heterocycles. The Hall–Kier alpha value is -2.23. The Bertz CT molecular complexity index is 900. The highest BCUT2D eigenvalue weighted by Crippen LogP contribution is 2.39. The maximum Gasteiger partial charge on any atom is 0.289 e. The standard InChI is InChI=1S/C17H14Cl2F2N2O4S/c1-26-12-6-8(5-10(19)14(12)27-7-13(22)24)16(25)23-11-4-2-3-9(18)15(11)28-17(20)21/h2-6,17H,7H2,1H3,(H2,22,24)(H,23,25). The van der Waals surface area contributed by atoms with Crippen molar-refractivity contribution in [3.05, 3.63) is 45.9 Å². The molecular weight excluding hydrogens is 437 g/mol. The first-order chi connectivity index (χ1) is 13.2. The van der Waals surface area contributed by atoms with E-state index in [4.69, 9.17) is 38.4 Å². The van der Waals surface area contributed by atoms with Gasteiger partial charge in [0.25, 0.3) is 17.6 Å². The van der Waals surface area contributed by atoms with Crippen molar-refractivity contribution in [1.29, 1.82) is 0 Å². The molecule has 0 fully saturated rings. The first kappa shape index (κ1) is 22.1. The molecule has 2 aromatic carbocycles. The molecule has 0 unspecified atom stereocenters. The Morgan fingerprint density at radius 3 is 2.57 bits per heavy atom. The van der Waals surface area contributed by atoms with Crippen LogP contribution in [-0.4, -0.2) is 31.3 Å². The van der Waals surface area contributed by atoms with E-state index in [0.29, 0.717) is 0 Å². The molecule has 2 amide bonds. The number of nitrogens with one attached hydrogen (secondary N) is 1. The van der Waals surface area contributed by atoms with Crippen molar-refractivity contribution >= 4 is 52.5 Å². The van der Waals surface area contributed by atoms with Gasteiger partial charge in [-0.15, -0.1) is 0 Å². The molecule has 28 heavy (non-hydrogen) atoms. The summed E-state index contributed by atoms with van der Waals surface area (Å²) in [5.74, 6) is -3.94. The second-order valence-electron chi connectivity index (χ2n) is 5.19. The van der Waals surface area contributed by atoms with Crippen LogP contribution in [-0.2, 0) is 4.79 Å². The molecular formula is C17H14Cl2F2N2O4S. The van der Waals surface area contributed by atoms with Crippen molar-refractivity contribution in [1.82, 2.24) is 0 Å². The second-order valence-corrected chi connectivity index (χ2v) is 7.01. The number of carbonyl (C=O) groups is 2. The number of rotatable bonds is 8. The van der Waals surface area contributed by atoms with Gasteiger partial charge < -0.3 is 20.5 Å². The number of amides is 2. The van der Waals surface area contributed by atoms with Gasteiger partial charge in [0.05, 0.1) is 27.7 Å². The molecule has 0 aliphatic carbocycles. The van der Waals surface area contributed by atoms with Crippen LogP contribution in [0.15, 0.2) is 35.2 Å². The van der Waals surface area contributed by atoms with Crippen LogP contribution in [0.25, 0.3) is 0 Å². The summed E-state index contributed by atoms with van der Waals surface area (Å²) >= 11 is 12.3. The lowest BCUT2D eigenvalue weighted by molar-refractivity contribution is -0.119. The zero-order chi connectivity index (χ0) is 20.8. The van der Waals surface area contributed by atoms with E-state index in [1.54, 1.807) is 0 Å². The Labute approximate surface area is 173 Å². The molecule has 0 spiro atoms. The summed E-state index contributed by atoms with van der Waals surface area (Å²) < 4.78 is 35.9. The quantitative estimate of drug-likeness (QED) is 0.580. The van der Waals surface area contributed by atoms with Gasteiger partial charge >= 0.3 is 0 Å². The summed E-state index contributed by atoms with van der Waals surface area (Å²) in [7, 11) is 1.32. The molecule has 0 radical (unpaired) electrons. The summed E-state index contributed by atoms with van der Waals surface area (Å²) in [4.78, 5) is 23.5. The van der Waals surface area contributed by atoms with Gasteiger partial charge in [0.2, 0.25) is 0 Å². The van der Waals surface area contributed by atoms with Gasteiger partial charge in [-0.1, -0.05) is 41.0 Å². The zero-order valence-corrected chi connectivity index (χ0v) is 16.6. The van der Waals surface area contributed by atoms with Crippen molar-refractivity contribution in [2.75, 3.05) is 19.0 Å². The van der Waals surface area contributed by atoms with E-state index >= 15 is 0 Å². The van der Waals surface area contributed by atoms with Crippen LogP contribution >= 0.6 is 35.0 Å². The van der Waals surface area contributed by atoms with Gasteiger partial charge in [-0.05, 0) is 24.3 Å². The fraction of sp³-hybridized carbons (Fsp3) is 0.176. The number of anilines is 1. The van der Waals surface area contributed by atoms with Crippen molar-refractivity contribution in [3.8, 4) is 11.5 Å². The number of hydrogen-bond donors (Lipinski definition) is 2. The molecule has 0 atom stereocenters. The number of thioether (sulfide) groups is 1. The maximum atomic E-state index is 12.8. The molecule has 6 nitrogen and oxygen atoms in total. The highest BCUT2D eigenvalue weighted by molar-refractivity contribution is 7.99. The molecule has 0 saturated carbocycles. The van der Waals surface area contributed by atoms with E-state index in [1.165, 1.54) is 37.4 Å². The summed E-state index contributed by atoms with van der Waals surface area (Å²) in [6, 6.07) is 6.99. The Kier molecular flexibility index (Phi) is 7.73. The molecule has 0 aromatic heterocycles. The van der Waals surface area contributed by atoms with Crippen LogP contribution < -0.4 is 20.5 Å². The van der Waals surface area contributed by atoms with Crippen molar-refractivity contribution < 1.29 is 27.8 Å². The lowest BCUT2D eigenvalue weighted by atomic mass is 10.1. The van der Waals surface area contributed by atoms with E-state index in [-0.39, 0.29) is 49.5 Å². The number of hydrogen-bond acceptors (Lipinski definition) is 5. The van der Waals surface area contributed by atoms with Crippen LogP contribution in [0, 0.1) is 0 Å². The minimum absolute atomic E-state index is 0.000905. The molecule has 2 rings (SSSR count). The van der Waals surface area contributed by atoms with E-state index in [1.807, 2.05) is 0 Å². The summed E-state index contributed by atoms with van der Waals surface area (Å²) in [6.07, 6.45) is 0. The van der Waals surface area contributed by atoms with E-state index in [9.17, 15) is 18.4 Å². The Balaban J connectivity index is 2.32. The molecule has 0 aliphatic heterocycles. The fourth-order valence-corrected chi connectivity index (χ4v) is 3.32. The molecule has 3 N–H and O–H groups in total. The fourth-order valence-electron chi connectivity index (χ4n) is 2.14. The smallest absolute Gasteiger partial charge is 0.289 e. The van der Waals surface area contributed by atoms with E-state index < -0.39 is 24.2 Å². The molecule has 11 heteroatoms. The third-order valence-electron chi connectivity index (χ3n) is 3.27. The number of benzene rings is 2. The molecule has 0 saturated heterocycles. The number of primary amides is 1. The largest absolute Gasteiger partial charge is 0.493 e. The first-order valence-electron chi connectivity index (χ1n) is 7.56. The second kappa shape index (κ2) is 9.81. The third kappa shape index (κ3) is 5.63. The molecule has 0 aliphatic rings.